The van der Waals surface area contributed by atoms with Gasteiger partial charge in [0.2, 0.25) is 11.0 Å². The minimum absolute atomic E-state index is 0.223. The summed E-state index contributed by atoms with van der Waals surface area (Å²) in [5, 5.41) is 10.5. The molecule has 1 aromatic carbocycles. The van der Waals surface area contributed by atoms with E-state index in [0.29, 0.717) is 16.0 Å². The van der Waals surface area contributed by atoms with Crippen LogP contribution in [0.2, 0.25) is 5.02 Å². The number of amides is 1. The Morgan fingerprint density at radius 3 is 2.96 bits per heavy atom. The van der Waals surface area contributed by atoms with Crippen molar-refractivity contribution in [1.29, 1.82) is 0 Å². The molecule has 4 aromatic rings. The van der Waals surface area contributed by atoms with E-state index >= 15 is 0 Å². The molecular weight excluding hydrogens is 388 g/mol. The summed E-state index contributed by atoms with van der Waals surface area (Å²) in [5.74, 6) is 0.345. The lowest BCUT2D eigenvalue weighted by Gasteiger charge is -2.03. The summed E-state index contributed by atoms with van der Waals surface area (Å²) in [5.41, 5.74) is 1.52. The third-order valence-corrected chi connectivity index (χ3v) is 5.70. The molecule has 5 nitrogen and oxygen atoms in total. The van der Waals surface area contributed by atoms with Crippen LogP contribution in [0.15, 0.2) is 47.9 Å². The molecule has 3 heterocycles. The highest BCUT2D eigenvalue weighted by Crippen LogP contribution is 2.31. The lowest BCUT2D eigenvalue weighted by molar-refractivity contribution is -0.111. The number of nitrogens with one attached hydrogen (secondary N) is 1. The molecule has 1 N–H and O–H groups in total. The highest BCUT2D eigenvalue weighted by molar-refractivity contribution is 7.20. The molecule has 0 bridgehead atoms. The topological polar surface area (TPSA) is 59.8 Å². The van der Waals surface area contributed by atoms with Crippen LogP contribution in [0.1, 0.15) is 10.6 Å². The van der Waals surface area contributed by atoms with E-state index < -0.39 is 0 Å². The first kappa shape index (κ1) is 17.0. The normalized spacial score (nSPS) is 11.5. The molecule has 0 radical (unpaired) electrons. The first-order valence-electron chi connectivity index (χ1n) is 7.75. The molecule has 26 heavy (non-hydrogen) atoms. The van der Waals surface area contributed by atoms with Crippen LogP contribution in [0.25, 0.3) is 21.4 Å². The highest BCUT2D eigenvalue weighted by atomic mass is 35.5. The zero-order valence-corrected chi connectivity index (χ0v) is 16.0. The number of aromatic nitrogens is 3. The molecule has 0 saturated heterocycles. The highest BCUT2D eigenvalue weighted by Gasteiger charge is 2.14. The average molecular weight is 401 g/mol. The number of aryl methyl sites for hydroxylation is 1. The van der Waals surface area contributed by atoms with Crippen molar-refractivity contribution in [2.24, 2.45) is 0 Å². The Labute approximate surface area is 162 Å². The van der Waals surface area contributed by atoms with E-state index in [1.54, 1.807) is 28.2 Å². The molecule has 0 spiro atoms. The quantitative estimate of drug-likeness (QED) is 0.481. The molecule has 0 atom stereocenters. The van der Waals surface area contributed by atoms with Gasteiger partial charge in [-0.15, -0.1) is 11.3 Å². The fraction of sp³-hybridized carbons (Fsp3) is 0.0556. The van der Waals surface area contributed by atoms with Gasteiger partial charge in [-0.2, -0.15) is 9.78 Å². The summed E-state index contributed by atoms with van der Waals surface area (Å²) in [6.45, 7) is 1.87. The van der Waals surface area contributed by atoms with Crippen LogP contribution in [0.5, 0.6) is 0 Å². The largest absolute Gasteiger partial charge is 0.307 e. The summed E-state index contributed by atoms with van der Waals surface area (Å²) >= 11 is 9.26. The van der Waals surface area contributed by atoms with Gasteiger partial charge in [0, 0.05) is 17.0 Å². The second kappa shape index (κ2) is 7.03. The Morgan fingerprint density at radius 2 is 2.19 bits per heavy atom. The smallest absolute Gasteiger partial charge is 0.249 e. The maximum Gasteiger partial charge on any atom is 0.249 e. The molecule has 0 aliphatic heterocycles. The first-order chi connectivity index (χ1) is 12.6. The summed E-state index contributed by atoms with van der Waals surface area (Å²) < 4.78 is 2.60. The van der Waals surface area contributed by atoms with Gasteiger partial charge >= 0.3 is 0 Å². The second-order valence-electron chi connectivity index (χ2n) is 5.50. The van der Waals surface area contributed by atoms with Crippen LogP contribution in [-0.4, -0.2) is 20.7 Å². The maximum absolute atomic E-state index is 12.3. The lowest BCUT2D eigenvalue weighted by Crippen LogP contribution is -2.12. The van der Waals surface area contributed by atoms with Crippen molar-refractivity contribution in [3.8, 4) is 5.13 Å². The van der Waals surface area contributed by atoms with Crippen molar-refractivity contribution in [1.82, 2.24) is 14.8 Å². The molecular formula is C18H13ClN4OS2. The number of hydrogen-bond acceptors (Lipinski definition) is 5. The Bertz CT molecular complexity index is 1110. The van der Waals surface area contributed by atoms with Crippen LogP contribution in [0.3, 0.4) is 0 Å². The van der Waals surface area contributed by atoms with E-state index in [1.165, 1.54) is 17.4 Å². The lowest BCUT2D eigenvalue weighted by atomic mass is 10.3. The number of anilines is 1. The minimum Gasteiger partial charge on any atom is -0.307 e. The van der Waals surface area contributed by atoms with Crippen LogP contribution >= 0.6 is 34.3 Å². The summed E-state index contributed by atoms with van der Waals surface area (Å²) in [7, 11) is 0. The average Bonchev–Trinajstić information content (AvgIpc) is 3.33. The molecule has 4 rings (SSSR count). The number of rotatable bonds is 4. The van der Waals surface area contributed by atoms with Gasteiger partial charge in [0.05, 0.1) is 15.4 Å². The van der Waals surface area contributed by atoms with Gasteiger partial charge in [0.25, 0.3) is 0 Å². The number of benzene rings is 1. The van der Waals surface area contributed by atoms with Crippen molar-refractivity contribution in [3.63, 3.8) is 0 Å². The van der Waals surface area contributed by atoms with Crippen molar-refractivity contribution in [2.45, 2.75) is 6.92 Å². The zero-order chi connectivity index (χ0) is 18.1. The summed E-state index contributed by atoms with van der Waals surface area (Å²) in [4.78, 5) is 17.8. The van der Waals surface area contributed by atoms with E-state index in [0.717, 1.165) is 20.8 Å². The van der Waals surface area contributed by atoms with E-state index in [-0.39, 0.29) is 5.91 Å². The van der Waals surface area contributed by atoms with Gasteiger partial charge in [0.15, 0.2) is 0 Å². The van der Waals surface area contributed by atoms with Crippen LogP contribution in [-0.2, 0) is 4.79 Å². The molecule has 0 unspecified atom stereocenters. The van der Waals surface area contributed by atoms with E-state index in [4.69, 9.17) is 11.6 Å². The van der Waals surface area contributed by atoms with Crippen molar-refractivity contribution in [2.75, 3.05) is 5.32 Å². The number of thiazole rings is 1. The van der Waals surface area contributed by atoms with Gasteiger partial charge in [0.1, 0.15) is 11.3 Å². The Balaban J connectivity index is 1.63. The Kier molecular flexibility index (Phi) is 4.58. The van der Waals surface area contributed by atoms with Crippen molar-refractivity contribution < 1.29 is 4.79 Å². The molecule has 1 amide bonds. The second-order valence-corrected chi connectivity index (χ2v) is 7.90. The van der Waals surface area contributed by atoms with Gasteiger partial charge < -0.3 is 5.32 Å². The van der Waals surface area contributed by atoms with Gasteiger partial charge in [-0.05, 0) is 36.6 Å². The van der Waals surface area contributed by atoms with E-state index in [1.807, 2.05) is 42.6 Å². The monoisotopic (exact) mass is 400 g/mol. The number of para-hydroxylation sites is 1. The van der Waals surface area contributed by atoms with Crippen LogP contribution in [0.4, 0.5) is 5.82 Å². The third kappa shape index (κ3) is 3.41. The molecule has 0 fully saturated rings. The fourth-order valence-corrected chi connectivity index (χ4v) is 4.29. The number of nitrogens with zero attached hydrogens (tertiary/aromatic N) is 3. The molecule has 0 aliphatic carbocycles. The SMILES string of the molecule is Cc1cc(NC(=O)/C=C/c2cccs2)n(-c2nc3c(Cl)cccc3s2)n1. The maximum atomic E-state index is 12.3. The van der Waals surface area contributed by atoms with Gasteiger partial charge in [-0.25, -0.2) is 4.98 Å². The van der Waals surface area contributed by atoms with Gasteiger partial charge in [-0.1, -0.05) is 35.1 Å². The predicted molar refractivity (Wildman–Crippen MR) is 108 cm³/mol. The standard InChI is InChI=1S/C18H13ClN4OS2/c1-11-10-15(20-16(24)8-7-12-4-3-9-25-12)23(22-11)18-21-17-13(19)5-2-6-14(17)26-18/h2-10H,1H3,(H,20,24)/b8-7+. The molecule has 8 heteroatoms. The first-order valence-corrected chi connectivity index (χ1v) is 9.82. The van der Waals surface area contributed by atoms with Crippen LogP contribution < -0.4 is 5.32 Å². The van der Waals surface area contributed by atoms with E-state index in [9.17, 15) is 4.79 Å². The van der Waals surface area contributed by atoms with Crippen molar-refractivity contribution in [3.05, 3.63) is 63.4 Å². The molecule has 130 valence electrons. The molecule has 0 aliphatic rings. The number of carbonyl (C=O) groups excluding carboxylic acids is 1. The number of halogens is 1. The van der Waals surface area contributed by atoms with Crippen LogP contribution in [0, 0.1) is 6.92 Å². The molecule has 3 aromatic heterocycles. The summed E-state index contributed by atoms with van der Waals surface area (Å²) in [6, 6.07) is 11.4. The number of carbonyl (C=O) groups is 1. The van der Waals surface area contributed by atoms with Crippen molar-refractivity contribution >= 4 is 62.3 Å². The minimum atomic E-state index is -0.223. The summed E-state index contributed by atoms with van der Waals surface area (Å²) in [6.07, 6.45) is 3.29. The zero-order valence-electron chi connectivity index (χ0n) is 13.6. The fourth-order valence-electron chi connectivity index (χ4n) is 2.44. The van der Waals surface area contributed by atoms with E-state index in [2.05, 4.69) is 15.4 Å². The number of thiophene rings is 1. The Hall–Kier alpha value is -2.48. The molecule has 0 saturated carbocycles. The number of fused-ring (bicyclic) bond motifs is 1. The number of hydrogen-bond donors (Lipinski definition) is 1. The third-order valence-electron chi connectivity index (χ3n) is 3.56. The predicted octanol–water partition coefficient (Wildman–Crippen LogP) is 5.16. The Morgan fingerprint density at radius 1 is 1.31 bits per heavy atom. The van der Waals surface area contributed by atoms with Gasteiger partial charge in [-0.3, -0.25) is 4.79 Å².